The van der Waals surface area contributed by atoms with Gasteiger partial charge in [0.1, 0.15) is 0 Å². The molecular formula is C12H24N2O. The molecule has 2 fully saturated rings. The quantitative estimate of drug-likeness (QED) is 0.755. The summed E-state index contributed by atoms with van der Waals surface area (Å²) in [6.07, 6.45) is 5.31. The zero-order chi connectivity index (χ0) is 10.5. The predicted octanol–water partition coefficient (Wildman–Crippen LogP) is 1.10. The van der Waals surface area contributed by atoms with Gasteiger partial charge >= 0.3 is 0 Å². The zero-order valence-corrected chi connectivity index (χ0v) is 9.87. The van der Waals surface area contributed by atoms with Crippen molar-refractivity contribution in [3.63, 3.8) is 0 Å². The van der Waals surface area contributed by atoms with Gasteiger partial charge in [0.2, 0.25) is 0 Å². The lowest BCUT2D eigenvalue weighted by Crippen LogP contribution is -2.44. The molecule has 0 aliphatic carbocycles. The molecule has 2 aliphatic rings. The highest BCUT2D eigenvalue weighted by Crippen LogP contribution is 2.18. The summed E-state index contributed by atoms with van der Waals surface area (Å²) in [5, 5.41) is 3.40. The van der Waals surface area contributed by atoms with Gasteiger partial charge in [0.15, 0.2) is 0 Å². The maximum Gasteiger partial charge on any atom is 0.0495 e. The van der Waals surface area contributed by atoms with Crippen molar-refractivity contribution in [2.75, 3.05) is 39.9 Å². The van der Waals surface area contributed by atoms with Gasteiger partial charge < -0.3 is 15.0 Å². The van der Waals surface area contributed by atoms with Gasteiger partial charge in [0, 0.05) is 25.8 Å². The standard InChI is InChI=1S/C12H24N2O/c1-13-12-3-2-6-14(9-12)7-4-11-5-8-15-10-11/h11-13H,2-10H2,1H3. The van der Waals surface area contributed by atoms with E-state index in [0.717, 1.165) is 25.2 Å². The van der Waals surface area contributed by atoms with E-state index in [1.165, 1.54) is 45.3 Å². The van der Waals surface area contributed by atoms with Crippen molar-refractivity contribution < 1.29 is 4.74 Å². The molecule has 2 atom stereocenters. The van der Waals surface area contributed by atoms with Gasteiger partial charge in [-0.2, -0.15) is 0 Å². The molecular weight excluding hydrogens is 188 g/mol. The molecule has 2 heterocycles. The van der Waals surface area contributed by atoms with Crippen molar-refractivity contribution in [3.05, 3.63) is 0 Å². The molecule has 2 saturated heterocycles. The Hall–Kier alpha value is -0.120. The number of hydrogen-bond acceptors (Lipinski definition) is 3. The van der Waals surface area contributed by atoms with Crippen molar-refractivity contribution in [2.24, 2.45) is 5.92 Å². The number of likely N-dealkylation sites (tertiary alicyclic amines) is 1. The first-order chi connectivity index (χ1) is 7.38. The summed E-state index contributed by atoms with van der Waals surface area (Å²) in [5.74, 6) is 0.833. The van der Waals surface area contributed by atoms with Crippen LogP contribution in [0.2, 0.25) is 0 Å². The second-order valence-corrected chi connectivity index (χ2v) is 4.95. The Labute approximate surface area is 93.2 Å². The van der Waals surface area contributed by atoms with Crippen molar-refractivity contribution in [2.45, 2.75) is 31.7 Å². The first-order valence-corrected chi connectivity index (χ1v) is 6.36. The minimum atomic E-state index is 0.721. The van der Waals surface area contributed by atoms with E-state index < -0.39 is 0 Å². The highest BCUT2D eigenvalue weighted by Gasteiger charge is 2.20. The molecule has 0 saturated carbocycles. The maximum absolute atomic E-state index is 5.41. The smallest absolute Gasteiger partial charge is 0.0495 e. The fraction of sp³-hybridized carbons (Fsp3) is 1.00. The average Bonchev–Trinajstić information content (AvgIpc) is 2.79. The van der Waals surface area contributed by atoms with Gasteiger partial charge in [-0.05, 0) is 51.7 Å². The molecule has 88 valence electrons. The molecule has 0 aromatic carbocycles. The van der Waals surface area contributed by atoms with Crippen LogP contribution in [0, 0.1) is 5.92 Å². The molecule has 0 bridgehead atoms. The predicted molar refractivity (Wildman–Crippen MR) is 62.1 cm³/mol. The SMILES string of the molecule is CNC1CCCN(CCC2CCOC2)C1. The van der Waals surface area contributed by atoms with Crippen LogP contribution in [0.5, 0.6) is 0 Å². The summed E-state index contributed by atoms with van der Waals surface area (Å²) in [7, 11) is 2.08. The summed E-state index contributed by atoms with van der Waals surface area (Å²) < 4.78 is 5.41. The second-order valence-electron chi connectivity index (χ2n) is 4.95. The molecule has 1 N–H and O–H groups in total. The summed E-state index contributed by atoms with van der Waals surface area (Å²) in [6, 6.07) is 0.721. The van der Waals surface area contributed by atoms with Crippen LogP contribution >= 0.6 is 0 Å². The third kappa shape index (κ3) is 3.44. The lowest BCUT2D eigenvalue weighted by atomic mass is 10.0. The number of ether oxygens (including phenoxy) is 1. The Morgan fingerprint density at radius 1 is 1.40 bits per heavy atom. The molecule has 0 spiro atoms. The number of nitrogens with one attached hydrogen (secondary N) is 1. The number of hydrogen-bond donors (Lipinski definition) is 1. The minimum Gasteiger partial charge on any atom is -0.381 e. The Morgan fingerprint density at radius 3 is 3.07 bits per heavy atom. The topological polar surface area (TPSA) is 24.5 Å². The van der Waals surface area contributed by atoms with Crippen LogP contribution in [0.3, 0.4) is 0 Å². The van der Waals surface area contributed by atoms with E-state index in [1.807, 2.05) is 0 Å². The van der Waals surface area contributed by atoms with Gasteiger partial charge in [-0.3, -0.25) is 0 Å². The van der Waals surface area contributed by atoms with Crippen LogP contribution < -0.4 is 5.32 Å². The molecule has 0 aromatic heterocycles. The molecule has 3 heteroatoms. The lowest BCUT2D eigenvalue weighted by molar-refractivity contribution is 0.164. The largest absolute Gasteiger partial charge is 0.381 e. The van der Waals surface area contributed by atoms with Crippen LogP contribution in [0.1, 0.15) is 25.7 Å². The minimum absolute atomic E-state index is 0.721. The summed E-state index contributed by atoms with van der Waals surface area (Å²) >= 11 is 0. The first kappa shape index (κ1) is 11.4. The Balaban J connectivity index is 1.65. The fourth-order valence-electron chi connectivity index (χ4n) is 2.67. The maximum atomic E-state index is 5.41. The summed E-state index contributed by atoms with van der Waals surface area (Å²) in [6.45, 7) is 5.80. The summed E-state index contributed by atoms with van der Waals surface area (Å²) in [4.78, 5) is 2.61. The third-order valence-corrected chi connectivity index (χ3v) is 3.79. The van der Waals surface area contributed by atoms with Gasteiger partial charge in [-0.15, -0.1) is 0 Å². The lowest BCUT2D eigenvalue weighted by Gasteiger charge is -2.32. The molecule has 2 aliphatic heterocycles. The van der Waals surface area contributed by atoms with E-state index in [1.54, 1.807) is 0 Å². The highest BCUT2D eigenvalue weighted by atomic mass is 16.5. The van der Waals surface area contributed by atoms with Crippen LogP contribution in [-0.2, 0) is 4.74 Å². The normalized spacial score (nSPS) is 33.4. The fourth-order valence-corrected chi connectivity index (χ4v) is 2.67. The van der Waals surface area contributed by atoms with Crippen molar-refractivity contribution in [1.29, 1.82) is 0 Å². The number of nitrogens with zero attached hydrogens (tertiary/aromatic N) is 1. The van der Waals surface area contributed by atoms with Gasteiger partial charge in [0.05, 0.1) is 0 Å². The first-order valence-electron chi connectivity index (χ1n) is 6.36. The highest BCUT2D eigenvalue weighted by molar-refractivity contribution is 4.77. The van der Waals surface area contributed by atoms with Gasteiger partial charge in [-0.1, -0.05) is 0 Å². The Morgan fingerprint density at radius 2 is 2.33 bits per heavy atom. The number of rotatable bonds is 4. The van der Waals surface area contributed by atoms with Crippen molar-refractivity contribution in [1.82, 2.24) is 10.2 Å². The molecule has 0 aromatic rings. The molecule has 3 nitrogen and oxygen atoms in total. The van der Waals surface area contributed by atoms with Crippen LogP contribution in [0.25, 0.3) is 0 Å². The molecule has 15 heavy (non-hydrogen) atoms. The van der Waals surface area contributed by atoms with E-state index >= 15 is 0 Å². The third-order valence-electron chi connectivity index (χ3n) is 3.79. The number of likely N-dealkylation sites (N-methyl/N-ethyl adjacent to an activating group) is 1. The zero-order valence-electron chi connectivity index (χ0n) is 9.87. The van der Waals surface area contributed by atoms with Crippen molar-refractivity contribution >= 4 is 0 Å². The van der Waals surface area contributed by atoms with Crippen molar-refractivity contribution in [3.8, 4) is 0 Å². The molecule has 0 radical (unpaired) electrons. The number of piperidine rings is 1. The van der Waals surface area contributed by atoms with Gasteiger partial charge in [0.25, 0.3) is 0 Å². The molecule has 0 amide bonds. The van der Waals surface area contributed by atoms with Gasteiger partial charge in [-0.25, -0.2) is 0 Å². The molecule has 2 rings (SSSR count). The van der Waals surface area contributed by atoms with Crippen LogP contribution in [0.4, 0.5) is 0 Å². The van der Waals surface area contributed by atoms with E-state index in [4.69, 9.17) is 4.74 Å². The van der Waals surface area contributed by atoms with E-state index in [-0.39, 0.29) is 0 Å². The van der Waals surface area contributed by atoms with E-state index in [9.17, 15) is 0 Å². The average molecular weight is 212 g/mol. The monoisotopic (exact) mass is 212 g/mol. The summed E-state index contributed by atoms with van der Waals surface area (Å²) in [5.41, 5.74) is 0. The Kier molecular flexibility index (Phi) is 4.42. The van der Waals surface area contributed by atoms with E-state index in [0.29, 0.717) is 0 Å². The second kappa shape index (κ2) is 5.83. The van der Waals surface area contributed by atoms with Crippen LogP contribution in [0.15, 0.2) is 0 Å². The molecule has 2 unspecified atom stereocenters. The van der Waals surface area contributed by atoms with E-state index in [2.05, 4.69) is 17.3 Å². The van der Waals surface area contributed by atoms with Crippen LogP contribution in [-0.4, -0.2) is 50.8 Å². The Bertz CT molecular complexity index is 180.